The van der Waals surface area contributed by atoms with E-state index in [-0.39, 0.29) is 6.85 Å². The molecule has 9 aromatic carbocycles. The minimum atomic E-state index is -0.565. The lowest BCUT2D eigenvalue weighted by Crippen LogP contribution is -2.62. The molecular formula is C58H37BN2O. The van der Waals surface area contributed by atoms with Crippen LogP contribution in [0.2, 0.25) is 0 Å². The fourth-order valence-electron chi connectivity index (χ4n) is 11.8. The molecule has 0 N–H and O–H groups in total. The van der Waals surface area contributed by atoms with E-state index in [1.165, 1.54) is 88.7 Å². The molecule has 4 heteroatoms. The van der Waals surface area contributed by atoms with Crippen molar-refractivity contribution >= 4 is 61.9 Å². The number of furan rings is 1. The monoisotopic (exact) mass is 788 g/mol. The molecule has 0 bridgehead atoms. The molecule has 3 nitrogen and oxygen atoms in total. The molecular weight excluding hydrogens is 751 g/mol. The van der Waals surface area contributed by atoms with Gasteiger partial charge in [-0.2, -0.15) is 0 Å². The first-order chi connectivity index (χ1) is 30.7. The molecule has 5 heterocycles. The number of rotatable bonds is 4. The topological polar surface area (TPSA) is 21.3 Å². The van der Waals surface area contributed by atoms with E-state index in [1.54, 1.807) is 0 Å². The van der Waals surface area contributed by atoms with Gasteiger partial charge in [-0.05, 0) is 81.1 Å². The van der Waals surface area contributed by atoms with Gasteiger partial charge >= 0.3 is 6.85 Å². The van der Waals surface area contributed by atoms with Crippen molar-refractivity contribution in [3.8, 4) is 39.3 Å². The van der Waals surface area contributed by atoms with E-state index in [4.69, 9.17) is 4.42 Å². The summed E-state index contributed by atoms with van der Waals surface area (Å²) in [5.41, 5.74) is 21.3. The number of para-hydroxylation sites is 3. The largest absolute Gasteiger partial charge is 0.455 e. The van der Waals surface area contributed by atoms with E-state index in [1.807, 2.05) is 0 Å². The van der Waals surface area contributed by atoms with Crippen LogP contribution in [0.4, 0.5) is 11.4 Å². The summed E-state index contributed by atoms with van der Waals surface area (Å²) in [6.07, 6.45) is 0. The summed E-state index contributed by atoms with van der Waals surface area (Å²) in [5.74, 6) is 0.890. The summed E-state index contributed by atoms with van der Waals surface area (Å²) < 4.78 is 9.74. The lowest BCUT2D eigenvalue weighted by Gasteiger charge is -2.51. The maximum atomic E-state index is 7.16. The van der Waals surface area contributed by atoms with Gasteiger partial charge < -0.3 is 13.8 Å². The number of benzene rings is 9. The van der Waals surface area contributed by atoms with Crippen LogP contribution in [0.5, 0.6) is 0 Å². The van der Waals surface area contributed by atoms with E-state index in [9.17, 15) is 0 Å². The minimum absolute atomic E-state index is 0.144. The normalized spacial score (nSPS) is 14.0. The van der Waals surface area contributed by atoms with Crippen molar-refractivity contribution in [3.63, 3.8) is 0 Å². The van der Waals surface area contributed by atoms with Crippen LogP contribution in [-0.2, 0) is 5.41 Å². The van der Waals surface area contributed by atoms with Crippen molar-refractivity contribution in [3.05, 3.63) is 234 Å². The first-order valence-corrected chi connectivity index (χ1v) is 21.6. The molecule has 288 valence electrons. The lowest BCUT2D eigenvalue weighted by molar-refractivity contribution is 0.632. The van der Waals surface area contributed by atoms with Gasteiger partial charge in [0.1, 0.15) is 11.3 Å². The number of aromatic nitrogens is 1. The van der Waals surface area contributed by atoms with Crippen molar-refractivity contribution in [2.45, 2.75) is 12.3 Å². The summed E-state index contributed by atoms with van der Waals surface area (Å²) in [5, 5.41) is 3.71. The molecule has 0 saturated heterocycles. The predicted octanol–water partition coefficient (Wildman–Crippen LogP) is 13.1. The molecule has 3 aliphatic heterocycles. The average molecular weight is 789 g/mol. The Labute approximate surface area is 359 Å². The third-order valence-electron chi connectivity index (χ3n) is 14.1. The van der Waals surface area contributed by atoms with Crippen LogP contribution in [0.3, 0.4) is 0 Å². The summed E-state index contributed by atoms with van der Waals surface area (Å²) in [7, 11) is 0. The maximum Gasteiger partial charge on any atom is 0.333 e. The highest BCUT2D eigenvalue weighted by atomic mass is 16.3. The molecule has 3 aliphatic rings. The van der Waals surface area contributed by atoms with E-state index in [0.29, 0.717) is 0 Å². The first kappa shape index (κ1) is 34.0. The van der Waals surface area contributed by atoms with Gasteiger partial charge in [-0.25, -0.2) is 0 Å². The number of hydrogen-bond donors (Lipinski definition) is 0. The predicted molar refractivity (Wildman–Crippen MR) is 257 cm³/mol. The van der Waals surface area contributed by atoms with Crippen LogP contribution >= 0.6 is 0 Å². The van der Waals surface area contributed by atoms with Crippen molar-refractivity contribution < 1.29 is 4.42 Å². The maximum absolute atomic E-state index is 7.16. The quantitative estimate of drug-likeness (QED) is 0.166. The number of hydrogen-bond acceptors (Lipinski definition) is 2. The molecule has 2 aromatic heterocycles. The Hall–Kier alpha value is -7.82. The Morgan fingerprint density at radius 1 is 0.516 bits per heavy atom. The van der Waals surface area contributed by atoms with Gasteiger partial charge in [-0.15, -0.1) is 0 Å². The molecule has 0 aliphatic carbocycles. The third-order valence-corrected chi connectivity index (χ3v) is 14.1. The molecule has 0 radical (unpaired) electrons. The van der Waals surface area contributed by atoms with E-state index in [0.717, 1.165) is 33.4 Å². The Balaban J connectivity index is 1.17. The van der Waals surface area contributed by atoms with Gasteiger partial charge in [-0.3, -0.25) is 0 Å². The molecule has 0 amide bonds. The Kier molecular flexibility index (Phi) is 6.78. The zero-order valence-corrected chi connectivity index (χ0v) is 34.0. The van der Waals surface area contributed by atoms with Crippen molar-refractivity contribution in [2.75, 3.05) is 4.81 Å². The highest BCUT2D eigenvalue weighted by molar-refractivity contribution is 6.94. The zero-order chi connectivity index (χ0) is 40.7. The second-order valence-electron chi connectivity index (χ2n) is 17.1. The van der Waals surface area contributed by atoms with Gasteiger partial charge in [0.05, 0.1) is 16.4 Å². The second-order valence-corrected chi connectivity index (χ2v) is 17.1. The SMILES string of the molecule is Cc1cc2c3c4c1c1ccccc1n4-c1cc4c(-c5ccccc5)c(-c5ccccc5)oc4cc1B3N1c3ccccc3C(c3ccccc3)(c3ccccc3)c3cccc-2c31. The molecule has 11 aromatic rings. The van der Waals surface area contributed by atoms with Crippen LogP contribution in [0.15, 0.2) is 211 Å². The van der Waals surface area contributed by atoms with Crippen LogP contribution in [0.25, 0.3) is 72.0 Å². The van der Waals surface area contributed by atoms with Gasteiger partial charge in [-0.1, -0.05) is 182 Å². The molecule has 0 saturated carbocycles. The van der Waals surface area contributed by atoms with Crippen LogP contribution < -0.4 is 15.7 Å². The number of anilines is 2. The highest BCUT2D eigenvalue weighted by Crippen LogP contribution is 2.60. The van der Waals surface area contributed by atoms with Crippen LogP contribution in [-0.4, -0.2) is 11.4 Å². The standard InChI is InChI=1S/C58H37BN2O/c1-36-33-43-41-28-18-30-46-55(41)61(49-32-17-15-29-45(49)58(46,39-23-10-4-11-24-39)40-25-12-5-13-26-40)59-47-35-51-44(34-50(47)60-48-31-16-14-27-42(48)52(36)56(60)54(43)59)53(37-19-6-2-7-20-37)57(62-51)38-21-8-3-9-22-38/h2-35H,1H3. The van der Waals surface area contributed by atoms with Crippen molar-refractivity contribution in [1.29, 1.82) is 0 Å². The molecule has 0 atom stereocenters. The van der Waals surface area contributed by atoms with Crippen molar-refractivity contribution in [2.24, 2.45) is 0 Å². The number of aryl methyl sites for hydroxylation is 1. The Bertz CT molecular complexity index is 3610. The fourth-order valence-corrected chi connectivity index (χ4v) is 11.8. The molecule has 14 rings (SSSR count). The third kappa shape index (κ3) is 4.21. The van der Waals surface area contributed by atoms with Crippen molar-refractivity contribution in [1.82, 2.24) is 4.57 Å². The van der Waals surface area contributed by atoms with E-state index < -0.39 is 5.41 Å². The van der Waals surface area contributed by atoms with E-state index in [2.05, 4.69) is 223 Å². The molecule has 62 heavy (non-hydrogen) atoms. The fraction of sp³-hybridized carbons (Fsp3) is 0.0345. The smallest absolute Gasteiger partial charge is 0.333 e. The van der Waals surface area contributed by atoms with Gasteiger partial charge in [0.15, 0.2) is 0 Å². The van der Waals surface area contributed by atoms with Gasteiger partial charge in [0.25, 0.3) is 0 Å². The summed E-state index contributed by atoms with van der Waals surface area (Å²) in [4.78, 5) is 2.70. The second kappa shape index (κ2) is 12.4. The molecule has 0 unspecified atom stereocenters. The molecule has 0 fully saturated rings. The van der Waals surface area contributed by atoms with Crippen LogP contribution in [0, 0.1) is 6.92 Å². The summed E-state index contributed by atoms with van der Waals surface area (Å²) in [6, 6.07) is 76.2. The lowest BCUT2D eigenvalue weighted by atomic mass is 9.42. The van der Waals surface area contributed by atoms with Crippen LogP contribution in [0.1, 0.15) is 27.8 Å². The first-order valence-electron chi connectivity index (χ1n) is 21.6. The average Bonchev–Trinajstić information content (AvgIpc) is 3.89. The zero-order valence-electron chi connectivity index (χ0n) is 34.0. The van der Waals surface area contributed by atoms with Gasteiger partial charge in [0, 0.05) is 49.9 Å². The van der Waals surface area contributed by atoms with E-state index >= 15 is 0 Å². The summed E-state index contributed by atoms with van der Waals surface area (Å²) >= 11 is 0. The molecule has 0 spiro atoms. The minimum Gasteiger partial charge on any atom is -0.455 e. The Morgan fingerprint density at radius 2 is 1.15 bits per heavy atom. The number of nitrogens with zero attached hydrogens (tertiary/aromatic N) is 2. The number of fused-ring (bicyclic) bond motifs is 11. The highest BCUT2D eigenvalue weighted by Gasteiger charge is 2.53. The Morgan fingerprint density at radius 3 is 1.89 bits per heavy atom. The van der Waals surface area contributed by atoms with Gasteiger partial charge in [0.2, 0.25) is 0 Å². The summed E-state index contributed by atoms with van der Waals surface area (Å²) in [6.45, 7) is 2.17.